The molecule has 26 heavy (non-hydrogen) atoms. The van der Waals surface area contributed by atoms with Gasteiger partial charge in [-0.3, -0.25) is 29.8 Å². The van der Waals surface area contributed by atoms with E-state index in [0.29, 0.717) is 0 Å². The van der Waals surface area contributed by atoms with Crippen LogP contribution in [0.15, 0.2) is 42.1 Å². The number of aliphatic hydroxyl groups excluding tert-OH is 1. The molecule has 1 heterocycles. The quantitative estimate of drug-likeness (QED) is 0.312. The van der Waals surface area contributed by atoms with Crippen molar-refractivity contribution in [2.24, 2.45) is 0 Å². The number of ketones is 2. The molecule has 0 spiro atoms. The molecule has 0 bridgehead atoms. The summed E-state index contributed by atoms with van der Waals surface area (Å²) >= 11 is 0. The van der Waals surface area contributed by atoms with E-state index in [2.05, 4.69) is 4.98 Å². The maximum absolute atomic E-state index is 12.1. The molecule has 124 valence electrons. The summed E-state index contributed by atoms with van der Waals surface area (Å²) in [7, 11) is 0. The predicted octanol–water partition coefficient (Wildman–Crippen LogP) is -1.07. The molecule has 0 saturated carbocycles. The maximum Gasteiger partial charge on any atom is 1.00 e. The monoisotopic (exact) mass is 364 g/mol. The van der Waals surface area contributed by atoms with Gasteiger partial charge in [-0.15, -0.1) is 0 Å². The van der Waals surface area contributed by atoms with Crippen LogP contribution in [0, 0.1) is 20.2 Å². The molecule has 0 fully saturated rings. The van der Waals surface area contributed by atoms with Crippen LogP contribution in [0.1, 0.15) is 16.1 Å². The van der Waals surface area contributed by atoms with Gasteiger partial charge in [0.05, 0.1) is 26.7 Å². The number of pyridine rings is 1. The van der Waals surface area contributed by atoms with Crippen LogP contribution in [-0.4, -0.2) is 31.5 Å². The van der Waals surface area contributed by atoms with Crippen molar-refractivity contribution in [1.82, 2.24) is 4.98 Å². The number of hydrogen-bond acceptors (Lipinski definition) is 8. The summed E-state index contributed by atoms with van der Waals surface area (Å²) in [5, 5.41) is 31.9. The number of aromatic nitrogens is 1. The summed E-state index contributed by atoms with van der Waals surface area (Å²) in [4.78, 5) is 48.0. The SMILES string of the molecule is O=C1C(=O)c2nc(-c3ccccc3[N+](=O)[O-])ccc2C(O)=C1[N+](=O)[O-].[Na+]. The first kappa shape index (κ1) is 19.4. The van der Waals surface area contributed by atoms with Crippen LogP contribution in [0.3, 0.4) is 0 Å². The van der Waals surface area contributed by atoms with E-state index in [1.165, 1.54) is 30.3 Å². The van der Waals surface area contributed by atoms with Gasteiger partial charge in [-0.05, 0) is 18.2 Å². The molecule has 11 heteroatoms. The number of carbonyl (C=O) groups is 2. The van der Waals surface area contributed by atoms with E-state index in [1.807, 2.05) is 0 Å². The molecule has 10 nitrogen and oxygen atoms in total. The number of nitro groups is 2. The molecule has 0 aliphatic heterocycles. The van der Waals surface area contributed by atoms with E-state index in [9.17, 15) is 34.9 Å². The largest absolute Gasteiger partial charge is 1.00 e. The van der Waals surface area contributed by atoms with Crippen molar-refractivity contribution in [2.45, 2.75) is 0 Å². The summed E-state index contributed by atoms with van der Waals surface area (Å²) in [6, 6.07) is 8.03. The van der Waals surface area contributed by atoms with Crippen LogP contribution in [0.4, 0.5) is 5.69 Å². The minimum absolute atomic E-state index is 0. The van der Waals surface area contributed by atoms with E-state index in [4.69, 9.17) is 0 Å². The van der Waals surface area contributed by atoms with Crippen molar-refractivity contribution < 1.29 is 54.1 Å². The zero-order chi connectivity index (χ0) is 18.3. The number of para-hydroxylation sites is 1. The topological polar surface area (TPSA) is 154 Å². The zero-order valence-electron chi connectivity index (χ0n) is 13.2. The molecule has 1 aromatic carbocycles. The number of nitro benzene ring substituents is 1. The van der Waals surface area contributed by atoms with Crippen LogP contribution in [0.5, 0.6) is 0 Å². The standard InChI is InChI=1S/C15H7N3O7.Na/c19-13-8-5-6-9(7-3-1-2-4-10(7)17(22)23)16-11(8)14(20)15(21)12(13)18(24)25;/h1-6,19H;/q;+1. The first-order valence-corrected chi connectivity index (χ1v) is 6.74. The number of Topliss-reactive ketones (excluding diaryl/α,β-unsaturated/α-hetero) is 2. The van der Waals surface area contributed by atoms with Crippen molar-refractivity contribution >= 4 is 23.0 Å². The van der Waals surface area contributed by atoms with Crippen molar-refractivity contribution in [3.63, 3.8) is 0 Å². The fourth-order valence-electron chi connectivity index (χ4n) is 2.44. The Morgan fingerprint density at radius 3 is 2.15 bits per heavy atom. The Balaban J connectivity index is 0.00000243. The van der Waals surface area contributed by atoms with Gasteiger partial charge in [-0.1, -0.05) is 12.1 Å². The maximum atomic E-state index is 12.1. The third-order valence-corrected chi connectivity index (χ3v) is 3.57. The third-order valence-electron chi connectivity index (χ3n) is 3.57. The van der Waals surface area contributed by atoms with Gasteiger partial charge >= 0.3 is 41.0 Å². The van der Waals surface area contributed by atoms with Gasteiger partial charge < -0.3 is 5.11 Å². The second-order valence-corrected chi connectivity index (χ2v) is 4.98. The second kappa shape index (κ2) is 7.12. The Labute approximate surface area is 166 Å². The van der Waals surface area contributed by atoms with E-state index in [-0.39, 0.29) is 52.1 Å². The number of fused-ring (bicyclic) bond motifs is 1. The normalized spacial score (nSPS) is 13.1. The van der Waals surface area contributed by atoms with Gasteiger partial charge in [-0.2, -0.15) is 0 Å². The van der Waals surface area contributed by atoms with Gasteiger partial charge in [0.25, 0.3) is 11.5 Å². The molecule has 1 N–H and O–H groups in total. The smallest absolute Gasteiger partial charge is 0.502 e. The van der Waals surface area contributed by atoms with Crippen molar-refractivity contribution in [1.29, 1.82) is 0 Å². The molecule has 0 saturated heterocycles. The molecular weight excluding hydrogens is 357 g/mol. The molecule has 2 aromatic rings. The Morgan fingerprint density at radius 1 is 0.885 bits per heavy atom. The zero-order valence-corrected chi connectivity index (χ0v) is 15.2. The average Bonchev–Trinajstić information content (AvgIpc) is 2.59. The summed E-state index contributed by atoms with van der Waals surface area (Å²) in [5.74, 6) is -3.73. The third kappa shape index (κ3) is 3.01. The number of rotatable bonds is 3. The van der Waals surface area contributed by atoms with Crippen molar-refractivity contribution in [3.8, 4) is 11.3 Å². The summed E-state index contributed by atoms with van der Waals surface area (Å²) in [6.45, 7) is 0. The fraction of sp³-hybridized carbons (Fsp3) is 0. The van der Waals surface area contributed by atoms with Crippen LogP contribution in [-0.2, 0) is 4.79 Å². The first-order valence-electron chi connectivity index (χ1n) is 6.74. The number of hydrogen-bond donors (Lipinski definition) is 1. The van der Waals surface area contributed by atoms with E-state index < -0.39 is 38.6 Å². The molecule has 0 amide bonds. The van der Waals surface area contributed by atoms with Crippen molar-refractivity contribution in [2.75, 3.05) is 0 Å². The molecule has 1 aromatic heterocycles. The number of carbonyl (C=O) groups excluding carboxylic acids is 2. The van der Waals surface area contributed by atoms with Gasteiger partial charge in [0, 0.05) is 6.07 Å². The molecule has 0 radical (unpaired) electrons. The second-order valence-electron chi connectivity index (χ2n) is 4.98. The summed E-state index contributed by atoms with van der Waals surface area (Å²) in [5.41, 5.74) is -2.15. The predicted molar refractivity (Wildman–Crippen MR) is 82.2 cm³/mol. The number of aliphatic hydroxyl groups is 1. The molecule has 1 aliphatic rings. The van der Waals surface area contributed by atoms with Crippen LogP contribution in [0.2, 0.25) is 0 Å². The van der Waals surface area contributed by atoms with Crippen LogP contribution >= 0.6 is 0 Å². The summed E-state index contributed by atoms with van der Waals surface area (Å²) in [6.07, 6.45) is 0. The van der Waals surface area contributed by atoms with E-state index in [1.54, 1.807) is 0 Å². The Bertz CT molecular complexity index is 1020. The van der Waals surface area contributed by atoms with E-state index in [0.717, 1.165) is 6.07 Å². The van der Waals surface area contributed by atoms with Gasteiger partial charge in [0.2, 0.25) is 5.76 Å². The minimum atomic E-state index is -1.50. The van der Waals surface area contributed by atoms with E-state index >= 15 is 0 Å². The first-order chi connectivity index (χ1) is 11.8. The molecule has 1 aliphatic carbocycles. The number of allylic oxidation sites excluding steroid dienone is 1. The van der Waals surface area contributed by atoms with Crippen LogP contribution < -0.4 is 29.6 Å². The fourth-order valence-corrected chi connectivity index (χ4v) is 2.44. The molecular formula is C15H7N3NaO7+. The number of nitrogens with zero attached hydrogens (tertiary/aromatic N) is 3. The number of benzene rings is 1. The molecule has 0 atom stereocenters. The Morgan fingerprint density at radius 2 is 1.54 bits per heavy atom. The summed E-state index contributed by atoms with van der Waals surface area (Å²) < 4.78 is 0. The minimum Gasteiger partial charge on any atom is -0.502 e. The Hall–Kier alpha value is -2.95. The van der Waals surface area contributed by atoms with Gasteiger partial charge in [0.15, 0.2) is 0 Å². The van der Waals surface area contributed by atoms with Crippen LogP contribution in [0.25, 0.3) is 17.0 Å². The van der Waals surface area contributed by atoms with Gasteiger partial charge in [-0.25, -0.2) is 4.98 Å². The molecule has 0 unspecified atom stereocenters. The average molecular weight is 364 g/mol. The molecule has 3 rings (SSSR count). The Kier molecular flexibility index (Phi) is 5.30. The van der Waals surface area contributed by atoms with Crippen molar-refractivity contribution in [3.05, 3.63) is 73.6 Å². The van der Waals surface area contributed by atoms with Gasteiger partial charge in [0.1, 0.15) is 5.69 Å².